The van der Waals surface area contributed by atoms with Crippen LogP contribution in [0.4, 0.5) is 5.69 Å². The van der Waals surface area contributed by atoms with Gasteiger partial charge in [0.05, 0.1) is 25.1 Å². The van der Waals surface area contributed by atoms with Gasteiger partial charge in [-0.2, -0.15) is 0 Å². The molecule has 0 aromatic heterocycles. The fourth-order valence-electron chi connectivity index (χ4n) is 2.86. The Balaban J connectivity index is 1.97. The van der Waals surface area contributed by atoms with E-state index in [4.69, 9.17) is 4.74 Å². The van der Waals surface area contributed by atoms with Crippen molar-refractivity contribution in [2.24, 2.45) is 0 Å². The van der Waals surface area contributed by atoms with Gasteiger partial charge in [0, 0.05) is 11.4 Å². The highest BCUT2D eigenvalue weighted by Crippen LogP contribution is 2.24. The Morgan fingerprint density at radius 3 is 2.57 bits per heavy atom. The highest BCUT2D eigenvalue weighted by molar-refractivity contribution is 8.00. The van der Waals surface area contributed by atoms with Gasteiger partial charge in [-0.15, -0.1) is 11.8 Å². The van der Waals surface area contributed by atoms with Gasteiger partial charge in [0.2, 0.25) is 11.8 Å². The summed E-state index contributed by atoms with van der Waals surface area (Å²) in [4.78, 5) is 27.9. The van der Waals surface area contributed by atoms with Crippen molar-refractivity contribution in [2.75, 3.05) is 31.3 Å². The van der Waals surface area contributed by atoms with Crippen LogP contribution < -0.4 is 10.1 Å². The van der Waals surface area contributed by atoms with E-state index < -0.39 is 0 Å². The number of nitrogens with one attached hydrogen (secondary N) is 1. The Morgan fingerprint density at radius 2 is 1.89 bits per heavy atom. The lowest BCUT2D eigenvalue weighted by Gasteiger charge is -2.22. The average molecular weight is 401 g/mol. The van der Waals surface area contributed by atoms with Crippen molar-refractivity contribution in [3.8, 4) is 5.75 Å². The number of hydrogen-bond acceptors (Lipinski definition) is 4. The first-order valence-electron chi connectivity index (χ1n) is 9.35. The summed E-state index contributed by atoms with van der Waals surface area (Å²) < 4.78 is 5.25. The first-order valence-corrected chi connectivity index (χ1v) is 10.3. The lowest BCUT2D eigenvalue weighted by atomic mass is 10.2. The Hall–Kier alpha value is -2.47. The molecule has 0 atom stereocenters. The number of anilines is 1. The molecule has 0 spiro atoms. The van der Waals surface area contributed by atoms with Crippen LogP contribution in [-0.2, 0) is 9.59 Å². The normalized spacial score (nSPS) is 10.4. The summed E-state index contributed by atoms with van der Waals surface area (Å²) in [6, 6.07) is 13.4. The van der Waals surface area contributed by atoms with Crippen molar-refractivity contribution in [1.29, 1.82) is 0 Å². The number of nitrogens with zero attached hydrogens (tertiary/aromatic N) is 1. The minimum Gasteiger partial charge on any atom is -0.495 e. The maximum absolute atomic E-state index is 12.7. The van der Waals surface area contributed by atoms with E-state index in [-0.39, 0.29) is 18.4 Å². The second-order valence-corrected chi connectivity index (χ2v) is 7.64. The molecule has 2 rings (SSSR count). The Bertz CT molecular complexity index is 823. The molecule has 1 N–H and O–H groups in total. The number of thioether (sulfide) groups is 1. The number of para-hydroxylation sites is 2. The summed E-state index contributed by atoms with van der Waals surface area (Å²) in [7, 11) is 1.56. The number of ether oxygens (including phenoxy) is 1. The van der Waals surface area contributed by atoms with Crippen molar-refractivity contribution in [2.45, 2.75) is 32.1 Å². The van der Waals surface area contributed by atoms with E-state index in [2.05, 4.69) is 18.3 Å². The van der Waals surface area contributed by atoms with Gasteiger partial charge in [0.1, 0.15) is 5.75 Å². The first kappa shape index (κ1) is 21.8. The van der Waals surface area contributed by atoms with E-state index in [1.165, 1.54) is 17.3 Å². The molecule has 2 aromatic carbocycles. The molecule has 0 radical (unpaired) electrons. The van der Waals surface area contributed by atoms with Crippen LogP contribution in [0.25, 0.3) is 0 Å². The summed E-state index contributed by atoms with van der Waals surface area (Å²) in [5.41, 5.74) is 2.96. The van der Waals surface area contributed by atoms with Gasteiger partial charge in [-0.05, 0) is 44.0 Å². The average Bonchev–Trinajstić information content (AvgIpc) is 2.67. The topological polar surface area (TPSA) is 58.6 Å². The van der Waals surface area contributed by atoms with Crippen LogP contribution in [0, 0.1) is 13.8 Å². The van der Waals surface area contributed by atoms with E-state index in [9.17, 15) is 9.59 Å². The third-order valence-electron chi connectivity index (χ3n) is 4.24. The third kappa shape index (κ3) is 6.30. The van der Waals surface area contributed by atoms with Crippen molar-refractivity contribution in [1.82, 2.24) is 4.90 Å². The Morgan fingerprint density at radius 1 is 1.14 bits per heavy atom. The smallest absolute Gasteiger partial charge is 0.244 e. The molecule has 5 nitrogen and oxygen atoms in total. The maximum Gasteiger partial charge on any atom is 0.244 e. The molecule has 0 aliphatic rings. The van der Waals surface area contributed by atoms with E-state index in [0.29, 0.717) is 23.7 Å². The summed E-state index contributed by atoms with van der Waals surface area (Å²) in [6.45, 7) is 6.67. The largest absolute Gasteiger partial charge is 0.495 e. The van der Waals surface area contributed by atoms with Gasteiger partial charge in [-0.25, -0.2) is 0 Å². The first-order chi connectivity index (χ1) is 13.4. The number of aryl methyl sites for hydroxylation is 2. The number of carbonyl (C=O) groups is 2. The minimum absolute atomic E-state index is 0.0260. The molecule has 28 heavy (non-hydrogen) atoms. The lowest BCUT2D eigenvalue weighted by Crippen LogP contribution is -2.39. The van der Waals surface area contributed by atoms with E-state index in [0.717, 1.165) is 16.9 Å². The van der Waals surface area contributed by atoms with Crippen molar-refractivity contribution in [3.63, 3.8) is 0 Å². The quantitative estimate of drug-likeness (QED) is 0.638. The molecule has 2 aromatic rings. The van der Waals surface area contributed by atoms with Crippen LogP contribution in [0.2, 0.25) is 0 Å². The molecule has 0 fully saturated rings. The van der Waals surface area contributed by atoms with Gasteiger partial charge in [-0.3, -0.25) is 9.59 Å². The second-order valence-electron chi connectivity index (χ2n) is 6.62. The Kier molecular flexibility index (Phi) is 8.39. The molecule has 0 unspecified atom stereocenters. The van der Waals surface area contributed by atoms with Crippen molar-refractivity contribution in [3.05, 3.63) is 53.6 Å². The molecule has 2 amide bonds. The molecule has 6 heteroatoms. The monoisotopic (exact) mass is 400 g/mol. The molecule has 0 bridgehead atoms. The third-order valence-corrected chi connectivity index (χ3v) is 5.40. The Labute approximate surface area is 171 Å². The zero-order chi connectivity index (χ0) is 20.5. The fourth-order valence-corrected chi connectivity index (χ4v) is 3.78. The molecule has 0 saturated heterocycles. The van der Waals surface area contributed by atoms with Crippen LogP contribution in [0.15, 0.2) is 47.4 Å². The summed E-state index contributed by atoms with van der Waals surface area (Å²) in [6.07, 6.45) is 0.794. The van der Waals surface area contributed by atoms with Crippen LogP contribution >= 0.6 is 11.8 Å². The highest BCUT2D eigenvalue weighted by Gasteiger charge is 2.18. The number of carbonyl (C=O) groups excluding carboxylic acids is 2. The molecule has 0 heterocycles. The highest BCUT2D eigenvalue weighted by atomic mass is 32.2. The predicted molar refractivity (Wildman–Crippen MR) is 115 cm³/mol. The maximum atomic E-state index is 12.7. The minimum atomic E-state index is -0.234. The lowest BCUT2D eigenvalue weighted by molar-refractivity contribution is -0.132. The molecule has 150 valence electrons. The van der Waals surface area contributed by atoms with Crippen LogP contribution in [-0.4, -0.2) is 42.7 Å². The zero-order valence-electron chi connectivity index (χ0n) is 17.0. The predicted octanol–water partition coefficient (Wildman–Crippen LogP) is 4.28. The van der Waals surface area contributed by atoms with Crippen LogP contribution in [0.1, 0.15) is 24.5 Å². The van der Waals surface area contributed by atoms with Crippen molar-refractivity contribution >= 4 is 29.3 Å². The standard InChI is InChI=1S/C22H28N2O3S/c1-5-12-24(14-21(25)23-18-8-6-7-9-19(18)27-4)22(26)15-28-20-11-10-16(2)13-17(20)3/h6-11,13H,5,12,14-15H2,1-4H3,(H,23,25). The summed E-state index contributed by atoms with van der Waals surface area (Å²) >= 11 is 1.51. The van der Waals surface area contributed by atoms with E-state index >= 15 is 0 Å². The van der Waals surface area contributed by atoms with Crippen LogP contribution in [0.3, 0.4) is 0 Å². The van der Waals surface area contributed by atoms with Gasteiger partial charge < -0.3 is 15.0 Å². The second kappa shape index (κ2) is 10.8. The number of methoxy groups -OCH3 is 1. The fraction of sp³-hybridized carbons (Fsp3) is 0.364. The summed E-state index contributed by atoms with van der Waals surface area (Å²) in [5, 5.41) is 2.83. The molecule has 0 saturated carbocycles. The zero-order valence-corrected chi connectivity index (χ0v) is 17.8. The number of amides is 2. The van der Waals surface area contributed by atoms with Gasteiger partial charge in [-0.1, -0.05) is 36.8 Å². The van der Waals surface area contributed by atoms with Crippen LogP contribution in [0.5, 0.6) is 5.75 Å². The van der Waals surface area contributed by atoms with E-state index in [1.807, 2.05) is 38.1 Å². The van der Waals surface area contributed by atoms with Crippen molar-refractivity contribution < 1.29 is 14.3 Å². The van der Waals surface area contributed by atoms with E-state index in [1.54, 1.807) is 24.1 Å². The molecule has 0 aliphatic heterocycles. The summed E-state index contributed by atoms with van der Waals surface area (Å²) in [5.74, 6) is 0.630. The SMILES string of the molecule is CCCN(CC(=O)Nc1ccccc1OC)C(=O)CSc1ccc(C)cc1C. The number of benzene rings is 2. The molecular weight excluding hydrogens is 372 g/mol. The van der Waals surface area contributed by atoms with Gasteiger partial charge >= 0.3 is 0 Å². The van der Waals surface area contributed by atoms with Gasteiger partial charge in [0.15, 0.2) is 0 Å². The molecule has 0 aliphatic carbocycles. The molecular formula is C22H28N2O3S. The van der Waals surface area contributed by atoms with Gasteiger partial charge in [0.25, 0.3) is 0 Å². The number of rotatable bonds is 9. The number of hydrogen-bond donors (Lipinski definition) is 1.